The second kappa shape index (κ2) is 10.8. The average molecular weight is 256 g/mol. The molecule has 0 rings (SSSR count). The van der Waals surface area contributed by atoms with Gasteiger partial charge >= 0.3 is 0 Å². The molecule has 0 aliphatic heterocycles. The maximum Gasteiger partial charge on any atom is 0.0167 e. The van der Waals surface area contributed by atoms with E-state index in [4.69, 9.17) is 5.73 Å². The van der Waals surface area contributed by atoms with Gasteiger partial charge in [0.1, 0.15) is 0 Å². The summed E-state index contributed by atoms with van der Waals surface area (Å²) in [5.41, 5.74) is 6.23. The first kappa shape index (κ1) is 17.9. The van der Waals surface area contributed by atoms with E-state index >= 15 is 0 Å². The van der Waals surface area contributed by atoms with E-state index in [1.165, 1.54) is 45.2 Å². The maximum absolute atomic E-state index is 6.23. The minimum absolute atomic E-state index is 0.365. The van der Waals surface area contributed by atoms with Crippen molar-refractivity contribution in [3.8, 4) is 0 Å². The molecule has 1 atom stereocenters. The van der Waals surface area contributed by atoms with Crippen LogP contribution in [-0.2, 0) is 0 Å². The van der Waals surface area contributed by atoms with E-state index < -0.39 is 0 Å². The van der Waals surface area contributed by atoms with E-state index in [9.17, 15) is 0 Å². The molecule has 0 aromatic heterocycles. The number of nitrogens with zero attached hydrogens (tertiary/aromatic N) is 1. The van der Waals surface area contributed by atoms with E-state index in [1.54, 1.807) is 0 Å². The highest BCUT2D eigenvalue weighted by atomic mass is 15.1. The fraction of sp³-hybridized carbons (Fsp3) is 1.00. The second-order valence-electron chi connectivity index (χ2n) is 6.57. The molecule has 0 spiro atoms. The summed E-state index contributed by atoms with van der Waals surface area (Å²) in [5.74, 6) is 1.58. The van der Waals surface area contributed by atoms with E-state index in [0.717, 1.165) is 18.4 Å². The molecule has 0 fully saturated rings. The van der Waals surface area contributed by atoms with Crippen LogP contribution >= 0.6 is 0 Å². The molecule has 2 N–H and O–H groups in total. The summed E-state index contributed by atoms with van der Waals surface area (Å²) in [6.07, 6.45) is 6.28. The first-order valence-electron chi connectivity index (χ1n) is 7.93. The molecule has 2 heteroatoms. The van der Waals surface area contributed by atoms with Gasteiger partial charge in [-0.15, -0.1) is 0 Å². The molecule has 0 heterocycles. The minimum Gasteiger partial charge on any atom is -0.327 e. The zero-order chi connectivity index (χ0) is 14.0. The lowest BCUT2D eigenvalue weighted by atomic mass is 10.1. The molecule has 0 aromatic carbocycles. The summed E-state index contributed by atoms with van der Waals surface area (Å²) in [4.78, 5) is 2.58. The van der Waals surface area contributed by atoms with Gasteiger partial charge in [-0.25, -0.2) is 0 Å². The zero-order valence-electron chi connectivity index (χ0n) is 13.4. The molecule has 18 heavy (non-hydrogen) atoms. The van der Waals surface area contributed by atoms with Crippen molar-refractivity contribution in [2.75, 3.05) is 19.6 Å². The van der Waals surface area contributed by atoms with Crippen molar-refractivity contribution in [2.45, 2.75) is 72.8 Å². The number of hydrogen-bond acceptors (Lipinski definition) is 2. The lowest BCUT2D eigenvalue weighted by Crippen LogP contribution is -2.39. The Kier molecular flexibility index (Phi) is 10.8. The Hall–Kier alpha value is -0.0800. The largest absolute Gasteiger partial charge is 0.327 e. The predicted molar refractivity (Wildman–Crippen MR) is 82.9 cm³/mol. The van der Waals surface area contributed by atoms with Crippen LogP contribution in [0.25, 0.3) is 0 Å². The zero-order valence-corrected chi connectivity index (χ0v) is 13.4. The normalized spacial score (nSPS) is 13.8. The monoisotopic (exact) mass is 256 g/mol. The Labute approximate surface area is 115 Å². The molecule has 0 bridgehead atoms. The summed E-state index contributed by atoms with van der Waals surface area (Å²) < 4.78 is 0. The van der Waals surface area contributed by atoms with Gasteiger partial charge in [0.05, 0.1) is 0 Å². The van der Waals surface area contributed by atoms with Crippen LogP contribution in [0.1, 0.15) is 66.7 Å². The molecular formula is C16H36N2. The summed E-state index contributed by atoms with van der Waals surface area (Å²) in [6, 6.07) is 0.365. The first-order chi connectivity index (χ1) is 8.45. The van der Waals surface area contributed by atoms with Crippen molar-refractivity contribution < 1.29 is 0 Å². The Morgan fingerprint density at radius 1 is 0.889 bits per heavy atom. The van der Waals surface area contributed by atoms with Gasteiger partial charge in [0.15, 0.2) is 0 Å². The van der Waals surface area contributed by atoms with Gasteiger partial charge in [-0.3, -0.25) is 0 Å². The second-order valence-corrected chi connectivity index (χ2v) is 6.57. The molecule has 2 nitrogen and oxygen atoms in total. The van der Waals surface area contributed by atoms with Crippen LogP contribution in [-0.4, -0.2) is 30.6 Å². The standard InChI is InChI=1S/C16H36N2/c1-6-7-8-16(17)13-18(11-9-14(2)3)12-10-15(4)5/h14-16H,6-13,17H2,1-5H3/t16-/m0/s1. The Morgan fingerprint density at radius 2 is 1.39 bits per heavy atom. The molecule has 0 aliphatic rings. The summed E-state index contributed by atoms with van der Waals surface area (Å²) in [5, 5.41) is 0. The van der Waals surface area contributed by atoms with Crippen LogP contribution in [0.5, 0.6) is 0 Å². The lowest BCUT2D eigenvalue weighted by molar-refractivity contribution is 0.226. The van der Waals surface area contributed by atoms with Gasteiger partial charge in [-0.2, -0.15) is 0 Å². The Balaban J connectivity index is 4.01. The molecule has 0 aliphatic carbocycles. The Bertz CT molecular complexity index is 166. The minimum atomic E-state index is 0.365. The highest BCUT2D eigenvalue weighted by Crippen LogP contribution is 2.08. The van der Waals surface area contributed by atoms with Gasteiger partial charge < -0.3 is 10.6 Å². The van der Waals surface area contributed by atoms with Crippen molar-refractivity contribution in [3.63, 3.8) is 0 Å². The SMILES string of the molecule is CCCC[C@H](N)CN(CCC(C)C)CCC(C)C. The van der Waals surface area contributed by atoms with Gasteiger partial charge in [-0.1, -0.05) is 47.5 Å². The quantitative estimate of drug-likeness (QED) is 0.607. The molecule has 0 amide bonds. The summed E-state index contributed by atoms with van der Waals surface area (Å²) in [6.45, 7) is 15.0. The van der Waals surface area contributed by atoms with E-state index in [0.29, 0.717) is 6.04 Å². The lowest BCUT2D eigenvalue weighted by Gasteiger charge is -2.27. The van der Waals surface area contributed by atoms with E-state index in [1.807, 2.05) is 0 Å². The van der Waals surface area contributed by atoms with E-state index in [-0.39, 0.29) is 0 Å². The maximum atomic E-state index is 6.23. The number of nitrogens with two attached hydrogens (primary N) is 1. The van der Waals surface area contributed by atoms with Crippen molar-refractivity contribution in [1.29, 1.82) is 0 Å². The van der Waals surface area contributed by atoms with E-state index in [2.05, 4.69) is 39.5 Å². The van der Waals surface area contributed by atoms with Crippen LogP contribution < -0.4 is 5.73 Å². The summed E-state index contributed by atoms with van der Waals surface area (Å²) >= 11 is 0. The molecule has 110 valence electrons. The van der Waals surface area contributed by atoms with Gasteiger partial charge in [0.25, 0.3) is 0 Å². The predicted octanol–water partition coefficient (Wildman–Crippen LogP) is 3.90. The van der Waals surface area contributed by atoms with Crippen LogP contribution in [0.4, 0.5) is 0 Å². The third-order valence-corrected chi connectivity index (χ3v) is 3.47. The first-order valence-corrected chi connectivity index (χ1v) is 7.93. The van der Waals surface area contributed by atoms with Crippen LogP contribution in [0.15, 0.2) is 0 Å². The third-order valence-electron chi connectivity index (χ3n) is 3.47. The third kappa shape index (κ3) is 11.0. The van der Waals surface area contributed by atoms with Crippen LogP contribution in [0, 0.1) is 11.8 Å². The van der Waals surface area contributed by atoms with Crippen molar-refractivity contribution in [2.24, 2.45) is 17.6 Å². The summed E-state index contributed by atoms with van der Waals surface area (Å²) in [7, 11) is 0. The molecule has 0 unspecified atom stereocenters. The smallest absolute Gasteiger partial charge is 0.0167 e. The highest BCUT2D eigenvalue weighted by molar-refractivity contribution is 4.69. The van der Waals surface area contributed by atoms with Crippen LogP contribution in [0.3, 0.4) is 0 Å². The van der Waals surface area contributed by atoms with Gasteiger partial charge in [-0.05, 0) is 44.2 Å². The fourth-order valence-corrected chi connectivity index (χ4v) is 2.07. The van der Waals surface area contributed by atoms with Gasteiger partial charge in [0.2, 0.25) is 0 Å². The molecular weight excluding hydrogens is 220 g/mol. The number of unbranched alkanes of at least 4 members (excludes halogenated alkanes) is 1. The fourth-order valence-electron chi connectivity index (χ4n) is 2.07. The molecule has 0 radical (unpaired) electrons. The number of rotatable bonds is 11. The van der Waals surface area contributed by atoms with Crippen LogP contribution in [0.2, 0.25) is 0 Å². The Morgan fingerprint density at radius 3 is 1.78 bits per heavy atom. The van der Waals surface area contributed by atoms with Crippen molar-refractivity contribution >= 4 is 0 Å². The molecule has 0 saturated carbocycles. The van der Waals surface area contributed by atoms with Gasteiger partial charge in [0, 0.05) is 12.6 Å². The number of hydrogen-bond donors (Lipinski definition) is 1. The average Bonchev–Trinajstić information content (AvgIpc) is 2.29. The molecule has 0 aromatic rings. The topological polar surface area (TPSA) is 29.3 Å². The van der Waals surface area contributed by atoms with Crippen molar-refractivity contribution in [3.05, 3.63) is 0 Å². The molecule has 0 saturated heterocycles. The highest BCUT2D eigenvalue weighted by Gasteiger charge is 2.11. The van der Waals surface area contributed by atoms with Crippen molar-refractivity contribution in [1.82, 2.24) is 4.90 Å².